The highest BCUT2D eigenvalue weighted by molar-refractivity contribution is 7.92. The van der Waals surface area contributed by atoms with Crippen LogP contribution < -0.4 is 9.62 Å². The maximum absolute atomic E-state index is 13.1. The van der Waals surface area contributed by atoms with E-state index in [-0.39, 0.29) is 11.9 Å². The van der Waals surface area contributed by atoms with Crippen LogP contribution in [0, 0.1) is 0 Å². The minimum atomic E-state index is -3.61. The first-order chi connectivity index (χ1) is 14.6. The van der Waals surface area contributed by atoms with Crippen molar-refractivity contribution in [2.24, 2.45) is 0 Å². The Labute approximate surface area is 179 Å². The molecule has 6 heteroatoms. The molecule has 0 bridgehead atoms. The summed E-state index contributed by atoms with van der Waals surface area (Å²) < 4.78 is 27.8. The van der Waals surface area contributed by atoms with Crippen LogP contribution >= 0.6 is 0 Å². The van der Waals surface area contributed by atoms with E-state index in [4.69, 9.17) is 0 Å². The first-order valence-electron chi connectivity index (χ1n) is 11.1. The van der Waals surface area contributed by atoms with Crippen molar-refractivity contribution >= 4 is 21.6 Å². The third-order valence-corrected chi connectivity index (χ3v) is 8.02. The second kappa shape index (κ2) is 9.21. The van der Waals surface area contributed by atoms with Crippen molar-refractivity contribution in [1.82, 2.24) is 5.32 Å². The van der Waals surface area contributed by atoms with Crippen LogP contribution in [0.2, 0.25) is 0 Å². The first kappa shape index (κ1) is 20.9. The van der Waals surface area contributed by atoms with Crippen LogP contribution in [-0.4, -0.2) is 26.9 Å². The van der Waals surface area contributed by atoms with Gasteiger partial charge in [-0.25, -0.2) is 8.42 Å². The summed E-state index contributed by atoms with van der Waals surface area (Å²) in [6.07, 6.45) is 9.73. The summed E-state index contributed by atoms with van der Waals surface area (Å²) in [5, 5.41) is 3.21. The van der Waals surface area contributed by atoms with Gasteiger partial charge in [0, 0.05) is 18.2 Å². The average Bonchev–Trinajstić information content (AvgIpc) is 2.75. The van der Waals surface area contributed by atoms with Gasteiger partial charge in [-0.15, -0.1) is 0 Å². The Hall–Kier alpha value is -2.34. The summed E-state index contributed by atoms with van der Waals surface area (Å²) in [6, 6.07) is 14.2. The van der Waals surface area contributed by atoms with Crippen LogP contribution in [0.5, 0.6) is 0 Å². The molecule has 1 amide bonds. The Balaban J connectivity index is 1.54. The lowest BCUT2D eigenvalue weighted by Crippen LogP contribution is -2.37. The van der Waals surface area contributed by atoms with Crippen molar-refractivity contribution in [3.63, 3.8) is 0 Å². The van der Waals surface area contributed by atoms with Crippen molar-refractivity contribution in [3.05, 3.63) is 59.7 Å². The zero-order valence-electron chi connectivity index (χ0n) is 17.3. The van der Waals surface area contributed by atoms with E-state index in [9.17, 15) is 13.2 Å². The van der Waals surface area contributed by atoms with Crippen molar-refractivity contribution in [3.8, 4) is 0 Å². The van der Waals surface area contributed by atoms with Gasteiger partial charge in [0.15, 0.2) is 0 Å². The van der Waals surface area contributed by atoms with Gasteiger partial charge in [-0.2, -0.15) is 0 Å². The quantitative estimate of drug-likeness (QED) is 0.772. The molecule has 2 aliphatic rings. The zero-order valence-corrected chi connectivity index (χ0v) is 18.2. The first-order valence-corrected chi connectivity index (χ1v) is 12.5. The Morgan fingerprint density at radius 1 is 0.900 bits per heavy atom. The van der Waals surface area contributed by atoms with E-state index < -0.39 is 10.0 Å². The molecule has 30 heavy (non-hydrogen) atoms. The van der Waals surface area contributed by atoms with Gasteiger partial charge in [0.1, 0.15) is 0 Å². The lowest BCUT2D eigenvalue weighted by atomic mass is 9.96. The fraction of sp³-hybridized carbons (Fsp3) is 0.458. The molecular formula is C24H30N2O3S. The SMILES string of the molecule is O=C(NC1CCCCCCC1)c1ccc2c(c1)CCCN2S(=O)(=O)c1ccccc1. The average molecular weight is 427 g/mol. The number of carbonyl (C=O) groups excluding carboxylic acids is 1. The highest BCUT2D eigenvalue weighted by atomic mass is 32.2. The number of hydrogen-bond acceptors (Lipinski definition) is 3. The number of anilines is 1. The number of benzene rings is 2. The Kier molecular flexibility index (Phi) is 6.42. The minimum absolute atomic E-state index is 0.0496. The van der Waals surface area contributed by atoms with Crippen LogP contribution in [-0.2, 0) is 16.4 Å². The summed E-state index contributed by atoms with van der Waals surface area (Å²) in [5.41, 5.74) is 2.23. The molecule has 1 heterocycles. The lowest BCUT2D eigenvalue weighted by molar-refractivity contribution is 0.0930. The molecule has 1 aliphatic carbocycles. The molecule has 5 nitrogen and oxygen atoms in total. The fourth-order valence-electron chi connectivity index (χ4n) is 4.54. The molecule has 0 atom stereocenters. The third-order valence-electron chi connectivity index (χ3n) is 6.19. The maximum Gasteiger partial charge on any atom is 0.264 e. The Morgan fingerprint density at radius 2 is 1.60 bits per heavy atom. The molecule has 1 aliphatic heterocycles. The Morgan fingerprint density at radius 3 is 2.33 bits per heavy atom. The second-order valence-corrected chi connectivity index (χ2v) is 10.2. The van der Waals surface area contributed by atoms with Gasteiger partial charge in [0.05, 0.1) is 10.6 Å². The number of amides is 1. The minimum Gasteiger partial charge on any atom is -0.349 e. The molecule has 1 fully saturated rings. The number of hydrogen-bond donors (Lipinski definition) is 1. The van der Waals surface area contributed by atoms with Gasteiger partial charge < -0.3 is 5.32 Å². The molecule has 0 saturated heterocycles. The summed E-state index contributed by atoms with van der Waals surface area (Å²) in [7, 11) is -3.61. The number of nitrogens with zero attached hydrogens (tertiary/aromatic N) is 1. The molecule has 1 N–H and O–H groups in total. The number of nitrogens with one attached hydrogen (secondary N) is 1. The Bertz CT molecular complexity index is 981. The standard InChI is InChI=1S/C24H30N2O3S/c27-24(25-21-11-5-2-1-3-6-12-21)20-15-16-23-19(18-20)10-9-17-26(23)30(28,29)22-13-7-4-8-14-22/h4,7-8,13-16,18,21H,1-3,5-6,9-12,17H2,(H,25,27). The fourth-order valence-corrected chi connectivity index (χ4v) is 6.10. The molecule has 2 aromatic rings. The zero-order chi connectivity index (χ0) is 21.0. The normalized spacial score (nSPS) is 18.2. The maximum atomic E-state index is 13.1. The number of carbonyl (C=O) groups is 1. The molecule has 1 saturated carbocycles. The van der Waals surface area contributed by atoms with E-state index in [0.717, 1.165) is 31.2 Å². The number of rotatable bonds is 4. The molecule has 4 rings (SSSR count). The van der Waals surface area contributed by atoms with Gasteiger partial charge >= 0.3 is 0 Å². The van der Waals surface area contributed by atoms with E-state index in [1.165, 1.54) is 36.4 Å². The van der Waals surface area contributed by atoms with Crippen LogP contribution in [0.1, 0.15) is 67.3 Å². The third kappa shape index (κ3) is 4.53. The van der Waals surface area contributed by atoms with Gasteiger partial charge in [0.25, 0.3) is 15.9 Å². The van der Waals surface area contributed by atoms with Crippen LogP contribution in [0.15, 0.2) is 53.4 Å². The number of aryl methyl sites for hydroxylation is 1. The van der Waals surface area contributed by atoms with E-state index in [1.807, 2.05) is 12.1 Å². The van der Waals surface area contributed by atoms with Crippen LogP contribution in [0.25, 0.3) is 0 Å². The van der Waals surface area contributed by atoms with Gasteiger partial charge in [0.2, 0.25) is 0 Å². The molecule has 0 radical (unpaired) electrons. The van der Waals surface area contributed by atoms with E-state index in [1.54, 1.807) is 36.4 Å². The highest BCUT2D eigenvalue weighted by Gasteiger charge is 2.29. The monoisotopic (exact) mass is 426 g/mol. The smallest absolute Gasteiger partial charge is 0.264 e. The number of sulfonamides is 1. The van der Waals surface area contributed by atoms with Crippen molar-refractivity contribution in [1.29, 1.82) is 0 Å². The van der Waals surface area contributed by atoms with Crippen molar-refractivity contribution in [2.45, 2.75) is 68.7 Å². The second-order valence-electron chi connectivity index (χ2n) is 8.35. The molecule has 160 valence electrons. The molecule has 2 aromatic carbocycles. The summed E-state index contributed by atoms with van der Waals surface area (Å²) >= 11 is 0. The molecule has 0 unspecified atom stereocenters. The molecule has 0 aromatic heterocycles. The lowest BCUT2D eigenvalue weighted by Gasteiger charge is -2.31. The van der Waals surface area contributed by atoms with E-state index in [2.05, 4.69) is 5.32 Å². The van der Waals surface area contributed by atoms with Crippen LogP contribution in [0.3, 0.4) is 0 Å². The summed E-state index contributed by atoms with van der Waals surface area (Å²) in [4.78, 5) is 13.1. The summed E-state index contributed by atoms with van der Waals surface area (Å²) in [6.45, 7) is 0.456. The molecule has 0 spiro atoms. The van der Waals surface area contributed by atoms with Crippen LogP contribution in [0.4, 0.5) is 5.69 Å². The van der Waals surface area contributed by atoms with Crippen molar-refractivity contribution in [2.75, 3.05) is 10.8 Å². The van der Waals surface area contributed by atoms with Gasteiger partial charge in [-0.3, -0.25) is 9.10 Å². The topological polar surface area (TPSA) is 66.5 Å². The highest BCUT2D eigenvalue weighted by Crippen LogP contribution is 2.32. The summed E-state index contributed by atoms with van der Waals surface area (Å²) in [5.74, 6) is -0.0496. The largest absolute Gasteiger partial charge is 0.349 e. The van der Waals surface area contributed by atoms with E-state index in [0.29, 0.717) is 22.7 Å². The predicted octanol–water partition coefficient (Wildman–Crippen LogP) is 4.67. The number of fused-ring (bicyclic) bond motifs is 1. The van der Waals surface area contributed by atoms with Gasteiger partial charge in [-0.1, -0.05) is 50.3 Å². The van der Waals surface area contributed by atoms with Crippen molar-refractivity contribution < 1.29 is 13.2 Å². The molecular weight excluding hydrogens is 396 g/mol. The predicted molar refractivity (Wildman–Crippen MR) is 119 cm³/mol. The van der Waals surface area contributed by atoms with E-state index >= 15 is 0 Å². The van der Waals surface area contributed by atoms with Gasteiger partial charge in [-0.05, 0) is 61.6 Å².